The zero-order valence-electron chi connectivity index (χ0n) is 34.7. The van der Waals surface area contributed by atoms with Gasteiger partial charge in [0.05, 0.1) is 75.8 Å². The molecule has 4 rings (SSSR count). The Morgan fingerprint density at radius 2 is 1.09 bits per heavy atom. The van der Waals surface area contributed by atoms with Crippen LogP contribution in [0.25, 0.3) is 0 Å². The van der Waals surface area contributed by atoms with Crippen molar-refractivity contribution in [3.8, 4) is 34.5 Å². The number of likely N-dealkylation sites (tertiary alicyclic amines) is 1. The van der Waals surface area contributed by atoms with Crippen molar-refractivity contribution in [2.24, 2.45) is 0 Å². The highest BCUT2D eigenvalue weighted by Crippen LogP contribution is 2.33. The van der Waals surface area contributed by atoms with E-state index in [9.17, 15) is 9.59 Å². The summed E-state index contributed by atoms with van der Waals surface area (Å²) in [5.74, 6) is 3.52. The Morgan fingerprint density at radius 3 is 1.57 bits per heavy atom. The summed E-state index contributed by atoms with van der Waals surface area (Å²) in [7, 11) is 11.8. The first-order chi connectivity index (χ1) is 26.9. The van der Waals surface area contributed by atoms with Crippen LogP contribution >= 0.6 is 0 Å². The number of esters is 1. The molecule has 1 saturated heterocycles. The molecule has 0 N–H and O–H groups in total. The summed E-state index contributed by atoms with van der Waals surface area (Å²) in [6, 6.07) is 17.7. The van der Waals surface area contributed by atoms with Crippen molar-refractivity contribution in [3.05, 3.63) is 71.3 Å². The van der Waals surface area contributed by atoms with Crippen molar-refractivity contribution in [2.45, 2.75) is 78.0 Å². The number of carbonyl (C=O) groups is 2. The molecule has 1 aliphatic heterocycles. The van der Waals surface area contributed by atoms with E-state index in [1.54, 1.807) is 42.7 Å². The Hall–Kier alpha value is -4.88. The molecule has 1 aliphatic rings. The van der Waals surface area contributed by atoms with E-state index >= 15 is 0 Å². The number of nitrogens with zero attached hydrogens (tertiary/aromatic N) is 2. The highest BCUT2D eigenvalue weighted by atomic mass is 16.8. The third kappa shape index (κ3) is 12.6. The maximum Gasteiger partial charge on any atom is 0.511 e. The van der Waals surface area contributed by atoms with Gasteiger partial charge in [0.15, 0.2) is 40.6 Å². The average Bonchev–Trinajstić information content (AvgIpc) is 3.17. The number of likely N-dealkylation sites (N-methyl/N-ethyl adjacent to an activating group) is 1. The molecule has 13 nitrogen and oxygen atoms in total. The fourth-order valence-electron chi connectivity index (χ4n) is 7.85. The lowest BCUT2D eigenvalue weighted by molar-refractivity contribution is -0.945. The van der Waals surface area contributed by atoms with Crippen LogP contribution in [0.15, 0.2) is 54.6 Å². The van der Waals surface area contributed by atoms with Gasteiger partial charge in [-0.05, 0) is 80.8 Å². The molecule has 13 heteroatoms. The second-order valence-corrected chi connectivity index (χ2v) is 14.9. The van der Waals surface area contributed by atoms with E-state index in [-0.39, 0.29) is 6.42 Å². The Bertz CT molecular complexity index is 1670. The summed E-state index contributed by atoms with van der Waals surface area (Å²) in [6.07, 6.45) is 1.81. The first-order valence-corrected chi connectivity index (χ1v) is 19.3. The van der Waals surface area contributed by atoms with E-state index < -0.39 is 24.5 Å². The molecule has 0 spiro atoms. The van der Waals surface area contributed by atoms with Gasteiger partial charge in [-0.25, -0.2) is 4.79 Å². The van der Waals surface area contributed by atoms with Crippen LogP contribution in [0.4, 0.5) is 4.79 Å². The van der Waals surface area contributed by atoms with Gasteiger partial charge >= 0.3 is 12.1 Å². The molecule has 0 aliphatic carbocycles. The van der Waals surface area contributed by atoms with Crippen LogP contribution in [0.1, 0.15) is 62.6 Å². The number of methoxy groups -OCH3 is 6. The van der Waals surface area contributed by atoms with E-state index in [0.29, 0.717) is 65.0 Å². The Balaban J connectivity index is 1.33. The van der Waals surface area contributed by atoms with Crippen LogP contribution in [0, 0.1) is 0 Å². The molecular weight excluding hydrogens is 720 g/mol. The molecule has 2 atom stereocenters. The molecule has 0 radical (unpaired) electrons. The van der Waals surface area contributed by atoms with Crippen LogP contribution in [-0.2, 0) is 38.6 Å². The van der Waals surface area contributed by atoms with Gasteiger partial charge in [-0.3, -0.25) is 4.79 Å². The van der Waals surface area contributed by atoms with Gasteiger partial charge < -0.3 is 51.6 Å². The zero-order valence-corrected chi connectivity index (χ0v) is 34.7. The first-order valence-electron chi connectivity index (χ1n) is 19.3. The van der Waals surface area contributed by atoms with E-state index in [1.807, 2.05) is 55.5 Å². The van der Waals surface area contributed by atoms with Crippen molar-refractivity contribution < 1.29 is 61.2 Å². The second kappa shape index (κ2) is 20.9. The van der Waals surface area contributed by atoms with Gasteiger partial charge in [-0.15, -0.1) is 0 Å². The van der Waals surface area contributed by atoms with E-state index in [0.717, 1.165) is 54.6 Å². The second-order valence-electron chi connectivity index (χ2n) is 14.9. The molecule has 0 bridgehead atoms. The Kier molecular flexibility index (Phi) is 16.3. The maximum absolute atomic E-state index is 13.0. The van der Waals surface area contributed by atoms with E-state index in [2.05, 4.69) is 13.1 Å². The fourth-order valence-corrected chi connectivity index (χ4v) is 7.85. The summed E-state index contributed by atoms with van der Waals surface area (Å²) in [5.41, 5.74) is 3.19. The molecule has 3 aromatic carbocycles. The molecule has 1 fully saturated rings. The molecule has 0 amide bonds. The number of hydrogen-bond acceptors (Lipinski definition) is 11. The molecule has 56 heavy (non-hydrogen) atoms. The summed E-state index contributed by atoms with van der Waals surface area (Å²) < 4.78 is 50.9. The first kappa shape index (κ1) is 43.8. The third-order valence-electron chi connectivity index (χ3n) is 10.3. The largest absolute Gasteiger partial charge is 0.511 e. The fraction of sp³-hybridized carbons (Fsp3) is 0.535. The minimum atomic E-state index is -1.11. The average molecular weight is 783 g/mol. The molecule has 0 saturated carbocycles. The number of rotatable bonds is 21. The number of quaternary nitrogens is 2. The Labute approximate surface area is 332 Å². The summed E-state index contributed by atoms with van der Waals surface area (Å²) in [4.78, 5) is 25.9. The van der Waals surface area contributed by atoms with Gasteiger partial charge in [0.2, 0.25) is 6.29 Å². The number of piperidine rings is 1. The number of benzene rings is 3. The molecule has 3 aromatic rings. The predicted octanol–water partition coefficient (Wildman–Crippen LogP) is 7.30. The number of carbonyl (C=O) groups excluding carboxylic acids is 2. The minimum Gasteiger partial charge on any atom is -0.493 e. The summed E-state index contributed by atoms with van der Waals surface area (Å²) in [6.45, 7) is 8.73. The molecular formula is C43H62N2O11+2. The molecule has 0 aromatic heterocycles. The summed E-state index contributed by atoms with van der Waals surface area (Å²) in [5, 5.41) is 0. The van der Waals surface area contributed by atoms with Crippen LogP contribution < -0.4 is 28.4 Å². The van der Waals surface area contributed by atoms with Gasteiger partial charge in [0.1, 0.15) is 26.2 Å². The molecule has 308 valence electrons. The maximum atomic E-state index is 13.0. The summed E-state index contributed by atoms with van der Waals surface area (Å²) >= 11 is 0. The van der Waals surface area contributed by atoms with Crippen LogP contribution in [0.5, 0.6) is 34.5 Å². The van der Waals surface area contributed by atoms with Gasteiger partial charge in [0, 0.05) is 30.0 Å². The lowest BCUT2D eigenvalue weighted by atomic mass is 10.0. The quantitative estimate of drug-likeness (QED) is 0.0616. The van der Waals surface area contributed by atoms with Gasteiger partial charge in [-0.1, -0.05) is 0 Å². The van der Waals surface area contributed by atoms with Crippen molar-refractivity contribution in [3.63, 3.8) is 0 Å². The van der Waals surface area contributed by atoms with Crippen molar-refractivity contribution in [1.82, 2.24) is 0 Å². The number of ether oxygens (including phenoxy) is 9. The monoisotopic (exact) mass is 782 g/mol. The normalized spacial score (nSPS) is 14.8. The van der Waals surface area contributed by atoms with Crippen LogP contribution in [0.2, 0.25) is 0 Å². The smallest absolute Gasteiger partial charge is 0.493 e. The Morgan fingerprint density at radius 1 is 0.625 bits per heavy atom. The van der Waals surface area contributed by atoms with Gasteiger partial charge in [0.25, 0.3) is 0 Å². The highest BCUT2D eigenvalue weighted by Gasteiger charge is 2.32. The molecule has 2 unspecified atom stereocenters. The zero-order chi connectivity index (χ0) is 40.7. The standard InChI is InChI=1S/C43H62N2O11/c1-31(27-44(3,28-33-15-18-36(48-4)39(24-33)51-7)29-34-16-19-37(49-5)40(25-34)52-8)54-43(47)56-32(2)55-42(46)14-13-23-45(21-11-10-12-22-45)30-35-17-20-38(50-6)41(26-35)53-9/h15-20,24-26,31-32H,10-14,21-23,27-30H2,1-9H3/q+2. The topological polar surface area (TPSA) is 117 Å². The molecule has 1 heterocycles. The lowest BCUT2D eigenvalue weighted by Gasteiger charge is -2.42. The third-order valence-corrected chi connectivity index (χ3v) is 10.3. The SMILES string of the molecule is COc1ccc(C[N+](C)(Cc2ccc(OC)c(OC)c2)CC(C)OC(=O)OC(C)OC(=O)CCC[N+]2(Cc3ccc(OC)c(OC)c3)CCCCC2)cc1OC. The number of hydrogen-bond donors (Lipinski definition) is 0. The highest BCUT2D eigenvalue weighted by molar-refractivity contribution is 5.69. The lowest BCUT2D eigenvalue weighted by Crippen LogP contribution is -2.51. The van der Waals surface area contributed by atoms with E-state index in [4.69, 9.17) is 42.6 Å². The van der Waals surface area contributed by atoms with Crippen LogP contribution in [0.3, 0.4) is 0 Å². The van der Waals surface area contributed by atoms with Crippen LogP contribution in [-0.4, -0.2) is 109 Å². The van der Waals surface area contributed by atoms with Gasteiger partial charge in [-0.2, -0.15) is 0 Å². The van der Waals surface area contributed by atoms with Crippen molar-refractivity contribution >= 4 is 12.1 Å². The van der Waals surface area contributed by atoms with Crippen molar-refractivity contribution in [2.75, 3.05) is 75.9 Å². The van der Waals surface area contributed by atoms with Crippen molar-refractivity contribution in [1.29, 1.82) is 0 Å². The predicted molar refractivity (Wildman–Crippen MR) is 211 cm³/mol. The minimum absolute atomic E-state index is 0.215. The van der Waals surface area contributed by atoms with E-state index in [1.165, 1.54) is 18.9 Å².